The lowest BCUT2D eigenvalue weighted by Gasteiger charge is -2.14. The summed E-state index contributed by atoms with van der Waals surface area (Å²) in [5.41, 5.74) is 6.57. The topological polar surface area (TPSA) is 63.3 Å². The second-order valence-electron chi connectivity index (χ2n) is 3.68. The Morgan fingerprint density at radius 1 is 1.22 bits per heavy atom. The molecule has 100 valence electrons. The number of nitrogens with two attached hydrogens (primary N) is 1. The summed E-state index contributed by atoms with van der Waals surface area (Å²) in [5.74, 6) is -0.958. The van der Waals surface area contributed by atoms with Gasteiger partial charge in [0.15, 0.2) is 0 Å². The van der Waals surface area contributed by atoms with Crippen molar-refractivity contribution in [1.82, 2.24) is 0 Å². The monoisotopic (exact) mass is 303 g/mol. The molecule has 6 heteroatoms. The van der Waals surface area contributed by atoms with E-state index >= 15 is 0 Å². The van der Waals surface area contributed by atoms with Crippen LogP contribution in [-0.4, -0.2) is 35.9 Å². The van der Waals surface area contributed by atoms with E-state index in [0.717, 1.165) is 5.56 Å². The summed E-state index contributed by atoms with van der Waals surface area (Å²) < 4.78 is 0. The number of thioether (sulfide) groups is 3. The molecule has 0 saturated heterocycles. The van der Waals surface area contributed by atoms with E-state index < -0.39 is 12.0 Å². The fraction of sp³-hybridized carbons (Fsp3) is 0.417. The number of rotatable bonds is 6. The molecule has 0 amide bonds. The molecule has 0 radical (unpaired) electrons. The van der Waals surface area contributed by atoms with E-state index in [-0.39, 0.29) is 0 Å². The van der Waals surface area contributed by atoms with Gasteiger partial charge in [0.2, 0.25) is 0 Å². The molecule has 1 atom stereocenters. The van der Waals surface area contributed by atoms with Gasteiger partial charge in [0.1, 0.15) is 6.04 Å². The van der Waals surface area contributed by atoms with Crippen molar-refractivity contribution in [2.24, 2.45) is 5.73 Å². The average molecular weight is 303 g/mol. The summed E-state index contributed by atoms with van der Waals surface area (Å²) in [6, 6.07) is 3.24. The molecule has 3 nitrogen and oxygen atoms in total. The Bertz CT molecular complexity index is 412. The molecule has 0 bridgehead atoms. The Hall–Kier alpha value is -0.300. The van der Waals surface area contributed by atoms with Gasteiger partial charge in [-0.2, -0.15) is 0 Å². The molecule has 1 unspecified atom stereocenters. The van der Waals surface area contributed by atoms with Crippen LogP contribution in [-0.2, 0) is 11.2 Å². The van der Waals surface area contributed by atoms with Crippen molar-refractivity contribution >= 4 is 41.3 Å². The first-order valence-electron chi connectivity index (χ1n) is 5.30. The van der Waals surface area contributed by atoms with E-state index in [0.29, 0.717) is 6.42 Å². The third-order valence-corrected chi connectivity index (χ3v) is 5.13. The van der Waals surface area contributed by atoms with Crippen LogP contribution >= 0.6 is 35.3 Å². The molecule has 0 aromatic heterocycles. The van der Waals surface area contributed by atoms with Gasteiger partial charge in [-0.05, 0) is 42.9 Å². The van der Waals surface area contributed by atoms with Crippen LogP contribution in [0.3, 0.4) is 0 Å². The van der Waals surface area contributed by atoms with Gasteiger partial charge in [-0.15, -0.1) is 35.3 Å². The zero-order valence-corrected chi connectivity index (χ0v) is 13.0. The average Bonchev–Trinajstić information content (AvgIpc) is 2.37. The van der Waals surface area contributed by atoms with Gasteiger partial charge in [0.05, 0.1) is 0 Å². The van der Waals surface area contributed by atoms with Crippen molar-refractivity contribution in [2.45, 2.75) is 27.1 Å². The Kier molecular flexibility index (Phi) is 6.42. The minimum absolute atomic E-state index is 0.366. The molecule has 0 aliphatic carbocycles. The van der Waals surface area contributed by atoms with Crippen molar-refractivity contribution in [2.75, 3.05) is 18.8 Å². The smallest absolute Gasteiger partial charge is 0.320 e. The highest BCUT2D eigenvalue weighted by atomic mass is 32.2. The zero-order chi connectivity index (χ0) is 13.7. The lowest BCUT2D eigenvalue weighted by molar-refractivity contribution is -0.138. The quantitative estimate of drug-likeness (QED) is 0.788. The number of hydrogen-bond donors (Lipinski definition) is 2. The van der Waals surface area contributed by atoms with Gasteiger partial charge in [-0.1, -0.05) is 0 Å². The molecular formula is C12H17NO2S3. The third-order valence-electron chi connectivity index (χ3n) is 2.50. The van der Waals surface area contributed by atoms with E-state index in [4.69, 9.17) is 10.8 Å². The summed E-state index contributed by atoms with van der Waals surface area (Å²) in [7, 11) is 0. The summed E-state index contributed by atoms with van der Waals surface area (Å²) in [6.45, 7) is 0. The first-order valence-corrected chi connectivity index (χ1v) is 8.98. The molecule has 1 aromatic rings. The molecule has 0 heterocycles. The number of benzene rings is 1. The highest BCUT2D eigenvalue weighted by Gasteiger charge is 2.15. The molecular weight excluding hydrogens is 286 g/mol. The van der Waals surface area contributed by atoms with Crippen LogP contribution in [0.1, 0.15) is 5.56 Å². The Balaban J connectivity index is 3.11. The summed E-state index contributed by atoms with van der Waals surface area (Å²) in [4.78, 5) is 14.4. The van der Waals surface area contributed by atoms with Crippen LogP contribution in [0.4, 0.5) is 0 Å². The van der Waals surface area contributed by atoms with Crippen LogP contribution in [0, 0.1) is 0 Å². The maximum absolute atomic E-state index is 10.8. The van der Waals surface area contributed by atoms with Crippen LogP contribution < -0.4 is 5.73 Å². The Morgan fingerprint density at radius 2 is 1.72 bits per heavy atom. The van der Waals surface area contributed by atoms with E-state index in [1.54, 1.807) is 35.3 Å². The Morgan fingerprint density at radius 3 is 2.06 bits per heavy atom. The van der Waals surface area contributed by atoms with Crippen LogP contribution in [0.2, 0.25) is 0 Å². The van der Waals surface area contributed by atoms with Crippen LogP contribution in [0.5, 0.6) is 0 Å². The van der Waals surface area contributed by atoms with Crippen molar-refractivity contribution in [3.8, 4) is 0 Å². The molecule has 18 heavy (non-hydrogen) atoms. The first-order chi connectivity index (χ1) is 8.53. The van der Waals surface area contributed by atoms with Crippen LogP contribution in [0.15, 0.2) is 26.8 Å². The molecule has 0 saturated carbocycles. The van der Waals surface area contributed by atoms with Gasteiger partial charge in [-0.3, -0.25) is 4.79 Å². The number of carbonyl (C=O) groups is 1. The minimum atomic E-state index is -0.958. The number of carboxylic acids is 1. The van der Waals surface area contributed by atoms with Crippen molar-refractivity contribution in [3.63, 3.8) is 0 Å². The van der Waals surface area contributed by atoms with E-state index in [2.05, 4.69) is 6.26 Å². The second-order valence-corrected chi connectivity index (χ2v) is 6.20. The van der Waals surface area contributed by atoms with E-state index in [1.807, 2.05) is 24.6 Å². The molecule has 0 aliphatic rings. The summed E-state index contributed by atoms with van der Waals surface area (Å²) in [6.07, 6.45) is 6.47. The lowest BCUT2D eigenvalue weighted by Crippen LogP contribution is -2.32. The molecule has 1 rings (SSSR count). The van der Waals surface area contributed by atoms with Gasteiger partial charge in [0, 0.05) is 14.7 Å². The predicted molar refractivity (Wildman–Crippen MR) is 81.1 cm³/mol. The van der Waals surface area contributed by atoms with Gasteiger partial charge in [-0.25, -0.2) is 0 Å². The lowest BCUT2D eigenvalue weighted by atomic mass is 10.1. The summed E-state index contributed by atoms with van der Waals surface area (Å²) in [5, 5.41) is 8.86. The molecule has 0 aliphatic heterocycles. The van der Waals surface area contributed by atoms with E-state index in [9.17, 15) is 4.79 Å². The second kappa shape index (κ2) is 7.33. The molecule has 0 spiro atoms. The fourth-order valence-electron chi connectivity index (χ4n) is 1.59. The SMILES string of the molecule is CSc1cc(CC(N)C(=O)O)cc(SC)c1SC. The highest BCUT2D eigenvalue weighted by Crippen LogP contribution is 2.37. The number of aliphatic carboxylic acids is 1. The first kappa shape index (κ1) is 15.8. The summed E-state index contributed by atoms with van der Waals surface area (Å²) >= 11 is 5.07. The minimum Gasteiger partial charge on any atom is -0.480 e. The molecule has 3 N–H and O–H groups in total. The fourth-order valence-corrected chi connectivity index (χ4v) is 4.31. The standard InChI is InChI=1S/C12H17NO2S3/c1-16-9-5-7(4-8(13)12(14)15)6-10(17-2)11(9)18-3/h5-6,8H,4,13H2,1-3H3,(H,14,15). The van der Waals surface area contributed by atoms with Gasteiger partial charge < -0.3 is 10.8 Å². The molecule has 0 fully saturated rings. The van der Waals surface area contributed by atoms with E-state index in [1.165, 1.54) is 14.7 Å². The van der Waals surface area contributed by atoms with Crippen molar-refractivity contribution < 1.29 is 9.90 Å². The highest BCUT2D eigenvalue weighted by molar-refractivity contribution is 8.03. The van der Waals surface area contributed by atoms with Crippen molar-refractivity contribution in [3.05, 3.63) is 17.7 Å². The zero-order valence-electron chi connectivity index (χ0n) is 10.6. The molecule has 1 aromatic carbocycles. The largest absolute Gasteiger partial charge is 0.480 e. The van der Waals surface area contributed by atoms with Crippen LogP contribution in [0.25, 0.3) is 0 Å². The van der Waals surface area contributed by atoms with Crippen molar-refractivity contribution in [1.29, 1.82) is 0 Å². The third kappa shape index (κ3) is 3.85. The Labute approximate surface area is 120 Å². The normalized spacial score (nSPS) is 12.4. The van der Waals surface area contributed by atoms with Gasteiger partial charge >= 0.3 is 5.97 Å². The maximum atomic E-state index is 10.8. The number of carboxylic acid groups (broad SMARTS) is 1. The predicted octanol–water partition coefficient (Wildman–Crippen LogP) is 2.81. The number of hydrogen-bond acceptors (Lipinski definition) is 5. The van der Waals surface area contributed by atoms with Gasteiger partial charge in [0.25, 0.3) is 0 Å². The maximum Gasteiger partial charge on any atom is 0.320 e.